The second kappa shape index (κ2) is 5.75. The molecule has 6 heteroatoms. The molecule has 2 aliphatic heterocycles. The molecule has 21 heavy (non-hydrogen) atoms. The van der Waals surface area contributed by atoms with Gasteiger partial charge in [-0.15, -0.1) is 0 Å². The largest absolute Gasteiger partial charge is 0.342 e. The fourth-order valence-electron chi connectivity index (χ4n) is 3.59. The number of aromatic nitrogens is 2. The molecular weight excluding hydrogens is 268 g/mol. The van der Waals surface area contributed by atoms with Crippen LogP contribution in [0.2, 0.25) is 0 Å². The molecule has 0 saturated carbocycles. The molecule has 1 aromatic rings. The van der Waals surface area contributed by atoms with E-state index in [-0.39, 0.29) is 0 Å². The van der Waals surface area contributed by atoms with Gasteiger partial charge in [0.2, 0.25) is 5.91 Å². The van der Waals surface area contributed by atoms with Crippen molar-refractivity contribution in [2.45, 2.75) is 46.1 Å². The van der Waals surface area contributed by atoms with Crippen LogP contribution in [-0.2, 0) is 11.3 Å². The van der Waals surface area contributed by atoms with Gasteiger partial charge in [0.1, 0.15) is 11.4 Å². The predicted octanol–water partition coefficient (Wildman–Crippen LogP) is 1.60. The van der Waals surface area contributed by atoms with E-state index in [1.807, 2.05) is 11.8 Å². The zero-order valence-corrected chi connectivity index (χ0v) is 13.0. The molecule has 0 aliphatic carbocycles. The third-order valence-corrected chi connectivity index (χ3v) is 5.17. The lowest BCUT2D eigenvalue weighted by Crippen LogP contribution is -2.51. The fourth-order valence-corrected chi connectivity index (χ4v) is 3.59. The van der Waals surface area contributed by atoms with Gasteiger partial charge >= 0.3 is 0 Å². The van der Waals surface area contributed by atoms with Crippen LogP contribution in [0.1, 0.15) is 44.0 Å². The fraction of sp³-hybridized carbons (Fsp3) is 0.800. The van der Waals surface area contributed by atoms with Crippen LogP contribution >= 0.6 is 0 Å². The first-order chi connectivity index (χ1) is 10.1. The Morgan fingerprint density at radius 1 is 1.24 bits per heavy atom. The van der Waals surface area contributed by atoms with Crippen LogP contribution in [0.25, 0.3) is 0 Å². The van der Waals surface area contributed by atoms with Crippen LogP contribution in [0.15, 0.2) is 4.63 Å². The quantitative estimate of drug-likeness (QED) is 0.847. The van der Waals surface area contributed by atoms with E-state index in [0.717, 1.165) is 57.0 Å². The maximum absolute atomic E-state index is 11.9. The molecule has 6 nitrogen and oxygen atoms in total. The van der Waals surface area contributed by atoms with Gasteiger partial charge in [0.25, 0.3) is 0 Å². The Hall–Kier alpha value is -1.43. The summed E-state index contributed by atoms with van der Waals surface area (Å²) in [5.41, 5.74) is 2.17. The van der Waals surface area contributed by atoms with E-state index in [1.54, 1.807) is 0 Å². The van der Waals surface area contributed by atoms with E-state index in [9.17, 15) is 4.79 Å². The number of nitrogens with zero attached hydrogens (tertiary/aromatic N) is 4. The molecule has 0 unspecified atom stereocenters. The highest BCUT2D eigenvalue weighted by molar-refractivity contribution is 5.77. The Morgan fingerprint density at radius 2 is 2.00 bits per heavy atom. The lowest BCUT2D eigenvalue weighted by molar-refractivity contribution is -0.138. The Labute approximate surface area is 125 Å². The summed E-state index contributed by atoms with van der Waals surface area (Å²) in [6.07, 6.45) is 4.11. The van der Waals surface area contributed by atoms with Crippen molar-refractivity contribution in [2.75, 3.05) is 26.2 Å². The Morgan fingerprint density at radius 3 is 2.62 bits per heavy atom. The number of rotatable bonds is 3. The molecule has 0 aromatic carbocycles. The van der Waals surface area contributed by atoms with Crippen LogP contribution in [0.4, 0.5) is 0 Å². The minimum atomic E-state index is 0.329. The maximum atomic E-state index is 11.9. The number of carbonyl (C=O) groups is 1. The molecule has 1 amide bonds. The van der Waals surface area contributed by atoms with Crippen LogP contribution in [0, 0.1) is 12.3 Å². The van der Waals surface area contributed by atoms with Crippen LogP contribution in [0.5, 0.6) is 0 Å². The van der Waals surface area contributed by atoms with Crippen LogP contribution in [-0.4, -0.2) is 52.2 Å². The zero-order chi connectivity index (χ0) is 14.9. The number of hydrogen-bond acceptors (Lipinski definition) is 5. The Bertz CT molecular complexity index is 506. The molecule has 116 valence electrons. The molecule has 3 heterocycles. The van der Waals surface area contributed by atoms with E-state index in [0.29, 0.717) is 11.3 Å². The molecule has 1 spiro atoms. The number of hydrogen-bond donors (Lipinski definition) is 0. The van der Waals surface area contributed by atoms with Gasteiger partial charge in [-0.05, 0) is 51.6 Å². The van der Waals surface area contributed by atoms with Crippen LogP contribution < -0.4 is 0 Å². The van der Waals surface area contributed by atoms with Gasteiger partial charge in [0.15, 0.2) is 0 Å². The van der Waals surface area contributed by atoms with Crippen molar-refractivity contribution < 1.29 is 9.42 Å². The predicted molar refractivity (Wildman–Crippen MR) is 77.5 cm³/mol. The first kappa shape index (κ1) is 14.5. The van der Waals surface area contributed by atoms with E-state index in [4.69, 9.17) is 4.63 Å². The normalized spacial score (nSPS) is 23.0. The van der Waals surface area contributed by atoms with E-state index < -0.39 is 0 Å². The van der Waals surface area contributed by atoms with Crippen molar-refractivity contribution in [2.24, 2.45) is 5.41 Å². The maximum Gasteiger partial charge on any atom is 0.222 e. The second-order valence-electron chi connectivity index (χ2n) is 6.48. The highest BCUT2D eigenvalue weighted by Gasteiger charge is 2.40. The third kappa shape index (κ3) is 2.95. The summed E-state index contributed by atoms with van der Waals surface area (Å²) in [4.78, 5) is 16.3. The molecule has 1 aromatic heterocycles. The minimum Gasteiger partial charge on any atom is -0.342 e. The van der Waals surface area contributed by atoms with Gasteiger partial charge in [-0.3, -0.25) is 9.69 Å². The first-order valence-corrected chi connectivity index (χ1v) is 7.90. The number of amides is 1. The summed E-state index contributed by atoms with van der Waals surface area (Å²) >= 11 is 0. The van der Waals surface area contributed by atoms with Crippen molar-refractivity contribution in [3.05, 3.63) is 11.4 Å². The molecular formula is C15H24N4O2. The topological polar surface area (TPSA) is 62.5 Å². The van der Waals surface area contributed by atoms with Gasteiger partial charge in [-0.2, -0.15) is 0 Å². The second-order valence-corrected chi connectivity index (χ2v) is 6.48. The van der Waals surface area contributed by atoms with Crippen molar-refractivity contribution in [1.29, 1.82) is 0 Å². The number of carbonyl (C=O) groups excluding carboxylic acids is 1. The first-order valence-electron chi connectivity index (χ1n) is 7.90. The summed E-state index contributed by atoms with van der Waals surface area (Å²) in [7, 11) is 0. The van der Waals surface area contributed by atoms with Gasteiger partial charge in [-0.25, -0.2) is 4.63 Å². The Balaban J connectivity index is 1.57. The van der Waals surface area contributed by atoms with E-state index in [1.165, 1.54) is 12.8 Å². The molecule has 0 atom stereocenters. The lowest BCUT2D eigenvalue weighted by Gasteiger charge is -2.47. The van der Waals surface area contributed by atoms with Crippen molar-refractivity contribution in [3.63, 3.8) is 0 Å². The van der Waals surface area contributed by atoms with Crippen molar-refractivity contribution in [3.8, 4) is 0 Å². The molecule has 0 radical (unpaired) electrons. The number of piperidine rings is 2. The lowest BCUT2D eigenvalue weighted by atomic mass is 9.72. The average molecular weight is 292 g/mol. The Kier molecular flexibility index (Phi) is 3.97. The van der Waals surface area contributed by atoms with E-state index in [2.05, 4.69) is 22.1 Å². The number of aryl methyl sites for hydroxylation is 1. The van der Waals surface area contributed by atoms with Gasteiger partial charge in [0.05, 0.1) is 0 Å². The van der Waals surface area contributed by atoms with E-state index >= 15 is 0 Å². The standard InChI is InChI=1S/C15H24N4O2/c1-3-19-11-15(5-4-14(19)20)6-8-18(9-7-15)10-13-12(2)16-21-17-13/h3-11H2,1-2H3. The summed E-state index contributed by atoms with van der Waals surface area (Å²) < 4.78 is 4.77. The van der Waals surface area contributed by atoms with Crippen molar-refractivity contribution >= 4 is 5.91 Å². The highest BCUT2D eigenvalue weighted by atomic mass is 16.6. The van der Waals surface area contributed by atoms with Gasteiger partial charge < -0.3 is 4.90 Å². The molecule has 2 saturated heterocycles. The SMILES string of the molecule is CCN1CC2(CCC1=O)CCN(Cc1nonc1C)CC2. The minimum absolute atomic E-state index is 0.329. The zero-order valence-electron chi connectivity index (χ0n) is 13.0. The third-order valence-electron chi connectivity index (χ3n) is 5.17. The average Bonchev–Trinajstić information content (AvgIpc) is 2.90. The number of likely N-dealkylation sites (tertiary alicyclic amines) is 2. The molecule has 2 aliphatic rings. The summed E-state index contributed by atoms with van der Waals surface area (Å²) in [5.74, 6) is 0.329. The van der Waals surface area contributed by atoms with Gasteiger partial charge in [0, 0.05) is 26.1 Å². The monoisotopic (exact) mass is 292 g/mol. The molecule has 3 rings (SSSR count). The summed E-state index contributed by atoms with van der Waals surface area (Å²) in [6.45, 7) is 8.75. The van der Waals surface area contributed by atoms with Gasteiger partial charge in [-0.1, -0.05) is 10.3 Å². The smallest absolute Gasteiger partial charge is 0.222 e. The molecule has 2 fully saturated rings. The summed E-state index contributed by atoms with van der Waals surface area (Å²) in [6, 6.07) is 0. The van der Waals surface area contributed by atoms with Crippen molar-refractivity contribution in [1.82, 2.24) is 20.1 Å². The molecule has 0 N–H and O–H groups in total. The molecule has 0 bridgehead atoms. The van der Waals surface area contributed by atoms with Crippen LogP contribution in [0.3, 0.4) is 0 Å². The summed E-state index contributed by atoms with van der Waals surface area (Å²) in [5, 5.41) is 7.81. The highest BCUT2D eigenvalue weighted by Crippen LogP contribution is 2.40.